The first-order valence-electron chi connectivity index (χ1n) is 7.86. The molecule has 0 saturated carbocycles. The summed E-state index contributed by atoms with van der Waals surface area (Å²) < 4.78 is 9.66. The van der Waals surface area contributed by atoms with Gasteiger partial charge in [0, 0.05) is 45.9 Å². The maximum Gasteiger partial charge on any atom is 0.407 e. The highest BCUT2D eigenvalue weighted by Crippen LogP contribution is 2.05. The number of nitrogens with two attached hydrogens (primary N) is 1. The minimum absolute atomic E-state index is 0.00893. The third-order valence-corrected chi connectivity index (χ3v) is 3.27. The summed E-state index contributed by atoms with van der Waals surface area (Å²) >= 11 is 0. The first kappa shape index (κ1) is 21.2. The van der Waals surface area contributed by atoms with Crippen LogP contribution in [0.5, 0.6) is 0 Å². The number of carbonyl (C=O) groups is 3. The first-order valence-corrected chi connectivity index (χ1v) is 7.86. The normalized spacial score (nSPS) is 11.5. The average Bonchev–Trinajstić information content (AvgIpc) is 2.53. The summed E-state index contributed by atoms with van der Waals surface area (Å²) in [6, 6.07) is 0. The van der Waals surface area contributed by atoms with Crippen LogP contribution in [0.3, 0.4) is 0 Å². The van der Waals surface area contributed by atoms with E-state index >= 15 is 0 Å². The summed E-state index contributed by atoms with van der Waals surface area (Å²) in [5, 5.41) is 2.52. The van der Waals surface area contributed by atoms with Crippen molar-refractivity contribution in [1.82, 2.24) is 10.2 Å². The molecule has 23 heavy (non-hydrogen) atoms. The topological polar surface area (TPSA) is 111 Å². The van der Waals surface area contributed by atoms with Crippen molar-refractivity contribution in [3.05, 3.63) is 0 Å². The molecule has 0 rings (SSSR count). The fourth-order valence-corrected chi connectivity index (χ4v) is 1.80. The molecule has 0 heterocycles. The summed E-state index contributed by atoms with van der Waals surface area (Å²) in [5.74, 6) is -0.251. The molecular weight excluding hydrogens is 302 g/mol. The van der Waals surface area contributed by atoms with Crippen LogP contribution in [0.2, 0.25) is 0 Å². The predicted molar refractivity (Wildman–Crippen MR) is 85.7 cm³/mol. The monoisotopic (exact) mass is 331 g/mol. The van der Waals surface area contributed by atoms with E-state index in [4.69, 9.17) is 10.5 Å². The van der Waals surface area contributed by atoms with Gasteiger partial charge in [0.25, 0.3) is 0 Å². The Morgan fingerprint density at radius 2 is 1.87 bits per heavy atom. The van der Waals surface area contributed by atoms with Crippen molar-refractivity contribution in [3.63, 3.8) is 0 Å². The van der Waals surface area contributed by atoms with Crippen LogP contribution in [-0.2, 0) is 19.1 Å². The highest BCUT2D eigenvalue weighted by Gasteiger charge is 2.13. The lowest BCUT2D eigenvalue weighted by Gasteiger charge is -2.20. The van der Waals surface area contributed by atoms with E-state index < -0.39 is 6.09 Å². The number of hydrogen-bond acceptors (Lipinski definition) is 6. The van der Waals surface area contributed by atoms with E-state index in [-0.39, 0.29) is 18.0 Å². The number of ether oxygens (including phenoxy) is 2. The molecule has 3 N–H and O–H groups in total. The van der Waals surface area contributed by atoms with Crippen LogP contribution >= 0.6 is 0 Å². The number of esters is 1. The van der Waals surface area contributed by atoms with Gasteiger partial charge in [-0.25, -0.2) is 4.79 Å². The zero-order valence-electron chi connectivity index (χ0n) is 14.3. The Bertz CT molecular complexity index is 376. The van der Waals surface area contributed by atoms with Gasteiger partial charge in [0.15, 0.2) is 0 Å². The fraction of sp³-hybridized carbons (Fsp3) is 0.800. The molecule has 0 aliphatic carbocycles. The van der Waals surface area contributed by atoms with Gasteiger partial charge in [-0.15, -0.1) is 0 Å². The van der Waals surface area contributed by atoms with Crippen LogP contribution in [0.25, 0.3) is 0 Å². The molecule has 0 saturated heterocycles. The molecule has 0 fully saturated rings. The molecule has 8 heteroatoms. The second kappa shape index (κ2) is 12.7. The molecule has 0 radical (unpaired) electrons. The molecule has 134 valence electrons. The molecule has 2 amide bonds. The third kappa shape index (κ3) is 11.4. The van der Waals surface area contributed by atoms with Crippen molar-refractivity contribution in [1.29, 1.82) is 0 Å². The quantitative estimate of drug-likeness (QED) is 0.424. The SMILES string of the molecule is COC(=O)CCCCC(=O)N(C)CCC(C)OC(=O)NCCN. The summed E-state index contributed by atoms with van der Waals surface area (Å²) in [6.07, 6.45) is 1.76. The zero-order valence-corrected chi connectivity index (χ0v) is 14.3. The number of nitrogens with zero attached hydrogens (tertiary/aromatic N) is 1. The first-order chi connectivity index (χ1) is 10.9. The van der Waals surface area contributed by atoms with Crippen LogP contribution in [0.4, 0.5) is 4.79 Å². The summed E-state index contributed by atoms with van der Waals surface area (Å²) in [7, 11) is 3.06. The molecule has 0 aromatic carbocycles. The predicted octanol–water partition coefficient (Wildman–Crippen LogP) is 0.642. The summed E-state index contributed by atoms with van der Waals surface area (Å²) in [5.41, 5.74) is 5.27. The second-order valence-corrected chi connectivity index (χ2v) is 5.32. The summed E-state index contributed by atoms with van der Waals surface area (Å²) in [6.45, 7) is 3.00. The lowest BCUT2D eigenvalue weighted by Crippen LogP contribution is -2.34. The number of alkyl carbamates (subject to hydrolysis) is 1. The Morgan fingerprint density at radius 1 is 1.22 bits per heavy atom. The van der Waals surface area contributed by atoms with Crippen molar-refractivity contribution in [2.45, 2.75) is 45.1 Å². The van der Waals surface area contributed by atoms with Crippen molar-refractivity contribution >= 4 is 18.0 Å². The van der Waals surface area contributed by atoms with Gasteiger partial charge in [0.1, 0.15) is 6.10 Å². The van der Waals surface area contributed by atoms with Gasteiger partial charge < -0.3 is 25.4 Å². The van der Waals surface area contributed by atoms with Gasteiger partial charge in [0.05, 0.1) is 7.11 Å². The van der Waals surface area contributed by atoms with Crippen molar-refractivity contribution in [2.75, 3.05) is 33.8 Å². The summed E-state index contributed by atoms with van der Waals surface area (Å²) in [4.78, 5) is 35.8. The minimum Gasteiger partial charge on any atom is -0.469 e. The molecule has 1 unspecified atom stereocenters. The molecule has 0 aromatic rings. The van der Waals surface area contributed by atoms with E-state index in [9.17, 15) is 14.4 Å². The maximum absolute atomic E-state index is 11.9. The Kier molecular flexibility index (Phi) is 11.7. The van der Waals surface area contributed by atoms with Crippen molar-refractivity contribution in [3.8, 4) is 0 Å². The number of nitrogens with one attached hydrogen (secondary N) is 1. The van der Waals surface area contributed by atoms with Crippen LogP contribution in [0.1, 0.15) is 39.0 Å². The molecule has 0 bridgehead atoms. The second-order valence-electron chi connectivity index (χ2n) is 5.32. The van der Waals surface area contributed by atoms with E-state index in [0.717, 1.165) is 0 Å². The molecule has 1 atom stereocenters. The number of carbonyl (C=O) groups excluding carboxylic acids is 3. The lowest BCUT2D eigenvalue weighted by atomic mass is 10.1. The Hall–Kier alpha value is -1.83. The zero-order chi connectivity index (χ0) is 17.7. The number of unbranched alkanes of at least 4 members (excludes halogenated alkanes) is 1. The molecule has 0 aliphatic rings. The van der Waals surface area contributed by atoms with Crippen molar-refractivity contribution < 1.29 is 23.9 Å². The maximum atomic E-state index is 11.9. The van der Waals surface area contributed by atoms with Gasteiger partial charge in [0.2, 0.25) is 5.91 Å². The number of amides is 2. The van der Waals surface area contributed by atoms with E-state index in [0.29, 0.717) is 51.7 Å². The van der Waals surface area contributed by atoms with Crippen LogP contribution in [-0.4, -0.2) is 62.8 Å². The Labute approximate surface area is 137 Å². The smallest absolute Gasteiger partial charge is 0.407 e. The minimum atomic E-state index is -0.500. The fourth-order valence-electron chi connectivity index (χ4n) is 1.80. The molecule has 8 nitrogen and oxygen atoms in total. The van der Waals surface area contributed by atoms with Gasteiger partial charge in [-0.05, 0) is 19.8 Å². The number of hydrogen-bond donors (Lipinski definition) is 2. The van der Waals surface area contributed by atoms with Gasteiger partial charge in [-0.2, -0.15) is 0 Å². The van der Waals surface area contributed by atoms with E-state index in [2.05, 4.69) is 10.1 Å². The molecule has 0 aromatic heterocycles. The van der Waals surface area contributed by atoms with Gasteiger partial charge in [-0.1, -0.05) is 0 Å². The highest BCUT2D eigenvalue weighted by atomic mass is 16.6. The van der Waals surface area contributed by atoms with Gasteiger partial charge >= 0.3 is 12.1 Å². The lowest BCUT2D eigenvalue weighted by molar-refractivity contribution is -0.141. The van der Waals surface area contributed by atoms with E-state index in [1.807, 2.05) is 0 Å². The van der Waals surface area contributed by atoms with Crippen LogP contribution in [0, 0.1) is 0 Å². The molecular formula is C15H29N3O5. The standard InChI is InChI=1S/C15H29N3O5/c1-12(23-15(21)17-10-9-16)8-11-18(2)13(19)6-4-5-7-14(20)22-3/h12H,4-11,16H2,1-3H3,(H,17,21). The van der Waals surface area contributed by atoms with E-state index in [1.54, 1.807) is 18.9 Å². The largest absolute Gasteiger partial charge is 0.469 e. The van der Waals surface area contributed by atoms with Crippen molar-refractivity contribution in [2.24, 2.45) is 5.73 Å². The van der Waals surface area contributed by atoms with Gasteiger partial charge in [-0.3, -0.25) is 9.59 Å². The number of methoxy groups -OCH3 is 1. The van der Waals surface area contributed by atoms with Crippen LogP contribution < -0.4 is 11.1 Å². The number of rotatable bonds is 11. The van der Waals surface area contributed by atoms with Crippen LogP contribution in [0.15, 0.2) is 0 Å². The Morgan fingerprint density at radius 3 is 2.48 bits per heavy atom. The highest BCUT2D eigenvalue weighted by molar-refractivity contribution is 5.76. The molecule has 0 spiro atoms. The Balaban J connectivity index is 3.82. The third-order valence-electron chi connectivity index (χ3n) is 3.27. The average molecular weight is 331 g/mol. The van der Waals surface area contributed by atoms with E-state index in [1.165, 1.54) is 7.11 Å². The molecule has 0 aliphatic heterocycles.